The van der Waals surface area contributed by atoms with Crippen LogP contribution in [0, 0.1) is 55.4 Å². The van der Waals surface area contributed by atoms with E-state index in [0.29, 0.717) is 22.8 Å². The van der Waals surface area contributed by atoms with Crippen LogP contribution in [0.3, 0.4) is 0 Å². The summed E-state index contributed by atoms with van der Waals surface area (Å²) in [6.07, 6.45) is 0. The summed E-state index contributed by atoms with van der Waals surface area (Å²) in [5.74, 6) is 1.23. The fourth-order valence-corrected chi connectivity index (χ4v) is 10.3. The molecule has 6 aromatic heterocycles. The van der Waals surface area contributed by atoms with Gasteiger partial charge in [0.2, 0.25) is 0 Å². The van der Waals surface area contributed by atoms with Gasteiger partial charge in [0.1, 0.15) is 11.6 Å². The molecular formula is C45H50CoN4O5S4. The van der Waals surface area contributed by atoms with Crippen LogP contribution in [0.1, 0.15) is 39.0 Å². The molecule has 59 heavy (non-hydrogen) atoms. The van der Waals surface area contributed by atoms with E-state index in [1.54, 1.807) is 69.6 Å². The average molecular weight is 914 g/mol. The van der Waals surface area contributed by atoms with Crippen LogP contribution < -0.4 is 10.2 Å². The Hall–Kier alpha value is -4.35. The standard InChI is InChI=1S/2C21H20N2OS2.3CH4O.Co/c2*1-11-9-16(13(3)25-11)19-20(17-10-12(2)26-14(17)4)23-21(22-19)15-7-5-6-8-18(15)24;3*1-2;/h2*5-10,24H,1-4H3,(H,22,23);3*2H,1H3;/q;;;;;+2/p-2. The summed E-state index contributed by atoms with van der Waals surface area (Å²) >= 11 is 7.10. The Kier molecular flexibility index (Phi) is 18.5. The Balaban J connectivity index is 0.000000276. The first kappa shape index (κ1) is 49.0. The summed E-state index contributed by atoms with van der Waals surface area (Å²) in [7, 11) is 3.00. The Morgan fingerprint density at radius 1 is 0.424 bits per heavy atom. The molecule has 14 heteroatoms. The Bertz CT molecular complexity index is 2270. The SMILES string of the molecule is CO.CO.CO.Cc1cc(-c2nc(-c3ccccc3[O-])[nH]c2-c2cc(C)sc2C)c(C)s1.Cc1cc(-c2nc(-c3ccccc3[O-])[nH]c2-c2cc(C)sc2C)c(C)s1.[Co+2]. The van der Waals surface area contributed by atoms with Gasteiger partial charge in [-0.1, -0.05) is 60.0 Å². The second-order valence-electron chi connectivity index (χ2n) is 12.9. The molecule has 5 N–H and O–H groups in total. The van der Waals surface area contributed by atoms with Gasteiger partial charge in [-0.2, -0.15) is 0 Å². The molecule has 313 valence electrons. The monoisotopic (exact) mass is 913 g/mol. The van der Waals surface area contributed by atoms with Crippen LogP contribution in [-0.2, 0) is 16.8 Å². The zero-order valence-electron chi connectivity index (χ0n) is 34.9. The minimum atomic E-state index is -0.0178. The number of imidazole rings is 2. The third kappa shape index (κ3) is 11.1. The molecule has 0 bridgehead atoms. The van der Waals surface area contributed by atoms with Crippen molar-refractivity contribution in [2.24, 2.45) is 0 Å². The van der Waals surface area contributed by atoms with Gasteiger partial charge in [-0.15, -0.1) is 45.3 Å². The first-order valence-corrected chi connectivity index (χ1v) is 21.5. The summed E-state index contributed by atoms with van der Waals surface area (Å²) in [5.41, 5.74) is 9.63. The van der Waals surface area contributed by atoms with Crippen molar-refractivity contribution in [1.29, 1.82) is 0 Å². The summed E-state index contributed by atoms with van der Waals surface area (Å²) < 4.78 is 0. The normalized spacial score (nSPS) is 10.2. The Morgan fingerprint density at radius 3 is 0.949 bits per heavy atom. The van der Waals surface area contributed by atoms with E-state index in [-0.39, 0.29) is 28.3 Å². The van der Waals surface area contributed by atoms with E-state index in [1.165, 1.54) is 39.0 Å². The number of H-pyrrole nitrogens is 2. The molecule has 0 fully saturated rings. The number of nitrogens with one attached hydrogen (secondary N) is 2. The van der Waals surface area contributed by atoms with Crippen molar-refractivity contribution < 1.29 is 42.3 Å². The van der Waals surface area contributed by atoms with E-state index in [2.05, 4.69) is 89.6 Å². The number of aromatic nitrogens is 4. The fraction of sp³-hybridized carbons (Fsp3) is 0.244. The zero-order chi connectivity index (χ0) is 42.8. The molecule has 1 radical (unpaired) electrons. The number of thiophene rings is 4. The molecule has 6 heterocycles. The molecule has 0 aliphatic heterocycles. The number of hydrogen-bond donors (Lipinski definition) is 5. The van der Waals surface area contributed by atoms with Crippen LogP contribution in [0.2, 0.25) is 0 Å². The number of rotatable bonds is 6. The molecule has 0 spiro atoms. The van der Waals surface area contributed by atoms with Crippen LogP contribution in [0.25, 0.3) is 67.8 Å². The van der Waals surface area contributed by atoms with E-state index < -0.39 is 0 Å². The number of aliphatic hydroxyl groups excluding tert-OH is 3. The maximum Gasteiger partial charge on any atom is 2.00 e. The fourth-order valence-electron chi connectivity index (χ4n) is 6.60. The number of benzene rings is 2. The van der Waals surface area contributed by atoms with Crippen molar-refractivity contribution in [3.05, 3.63) is 112 Å². The molecule has 9 nitrogen and oxygen atoms in total. The maximum absolute atomic E-state index is 12.3. The van der Waals surface area contributed by atoms with E-state index in [4.69, 9.17) is 25.3 Å². The molecule has 0 aliphatic carbocycles. The number of para-hydroxylation sites is 2. The first-order valence-electron chi connectivity index (χ1n) is 18.2. The molecule has 0 saturated carbocycles. The maximum atomic E-state index is 12.3. The molecule has 0 atom stereocenters. The van der Waals surface area contributed by atoms with Crippen molar-refractivity contribution in [3.63, 3.8) is 0 Å². The van der Waals surface area contributed by atoms with Gasteiger partial charge in [0.05, 0.1) is 22.8 Å². The van der Waals surface area contributed by atoms with Crippen molar-refractivity contribution in [1.82, 2.24) is 19.9 Å². The van der Waals surface area contributed by atoms with Crippen LogP contribution in [0.4, 0.5) is 0 Å². The van der Waals surface area contributed by atoms with Gasteiger partial charge in [-0.25, -0.2) is 9.97 Å². The van der Waals surface area contributed by atoms with Gasteiger partial charge in [-0.3, -0.25) is 0 Å². The summed E-state index contributed by atoms with van der Waals surface area (Å²) in [6.45, 7) is 17.0. The Labute approximate surface area is 373 Å². The van der Waals surface area contributed by atoms with Crippen molar-refractivity contribution in [2.45, 2.75) is 55.4 Å². The van der Waals surface area contributed by atoms with Gasteiger partial charge >= 0.3 is 16.8 Å². The van der Waals surface area contributed by atoms with Crippen LogP contribution in [-0.4, -0.2) is 56.6 Å². The average Bonchev–Trinajstić information content (AvgIpc) is 4.07. The molecule has 0 saturated heterocycles. The number of hydrogen-bond acceptors (Lipinski definition) is 11. The number of aromatic amines is 2. The van der Waals surface area contributed by atoms with Gasteiger partial charge in [0.25, 0.3) is 0 Å². The second-order valence-corrected chi connectivity index (χ2v) is 18.8. The molecule has 8 aromatic rings. The third-order valence-electron chi connectivity index (χ3n) is 8.90. The largest absolute Gasteiger partial charge is 2.00 e. The molecular weight excluding hydrogens is 864 g/mol. The number of nitrogens with zero attached hydrogens (tertiary/aromatic N) is 2. The second kappa shape index (κ2) is 22.3. The topological polar surface area (TPSA) is 164 Å². The smallest absolute Gasteiger partial charge is 0.872 e. The quantitative estimate of drug-likeness (QED) is 0.111. The van der Waals surface area contributed by atoms with Crippen molar-refractivity contribution in [3.8, 4) is 79.3 Å². The summed E-state index contributed by atoms with van der Waals surface area (Å²) in [5, 5.41) is 45.6. The van der Waals surface area contributed by atoms with E-state index in [9.17, 15) is 10.2 Å². The number of aliphatic hydroxyl groups is 3. The molecule has 0 unspecified atom stereocenters. The van der Waals surface area contributed by atoms with Crippen molar-refractivity contribution in [2.75, 3.05) is 21.3 Å². The summed E-state index contributed by atoms with van der Waals surface area (Å²) in [4.78, 5) is 26.6. The summed E-state index contributed by atoms with van der Waals surface area (Å²) in [6, 6.07) is 22.8. The van der Waals surface area contributed by atoms with Gasteiger partial charge in [0.15, 0.2) is 0 Å². The molecule has 8 rings (SSSR count). The van der Waals surface area contributed by atoms with Crippen LogP contribution in [0.5, 0.6) is 11.5 Å². The van der Waals surface area contributed by atoms with E-state index >= 15 is 0 Å². The van der Waals surface area contributed by atoms with Crippen LogP contribution >= 0.6 is 45.3 Å². The zero-order valence-corrected chi connectivity index (χ0v) is 39.3. The van der Waals surface area contributed by atoms with Gasteiger partial charge in [-0.05, 0) is 79.7 Å². The van der Waals surface area contributed by atoms with E-state index in [0.717, 1.165) is 66.4 Å². The van der Waals surface area contributed by atoms with Gasteiger partial charge < -0.3 is 35.5 Å². The van der Waals surface area contributed by atoms with Crippen LogP contribution in [0.15, 0.2) is 72.8 Å². The first-order chi connectivity index (χ1) is 27.9. The molecule has 0 aliphatic rings. The predicted molar refractivity (Wildman–Crippen MR) is 243 cm³/mol. The predicted octanol–water partition coefficient (Wildman–Crippen LogP) is 10.5. The number of aryl methyl sites for hydroxylation is 8. The molecule has 2 aromatic carbocycles. The van der Waals surface area contributed by atoms with Gasteiger partial charge in [0, 0.05) is 93.7 Å². The minimum Gasteiger partial charge on any atom is -0.872 e. The Morgan fingerprint density at radius 2 is 0.695 bits per heavy atom. The van der Waals surface area contributed by atoms with Crippen molar-refractivity contribution >= 4 is 45.3 Å². The van der Waals surface area contributed by atoms with E-state index in [1.807, 2.05) is 24.3 Å². The third-order valence-corrected chi connectivity index (χ3v) is 12.8. The minimum absolute atomic E-state index is 0. The molecule has 0 amide bonds.